The van der Waals surface area contributed by atoms with E-state index in [2.05, 4.69) is 34.3 Å². The summed E-state index contributed by atoms with van der Waals surface area (Å²) in [5.41, 5.74) is 4.36. The van der Waals surface area contributed by atoms with Gasteiger partial charge >= 0.3 is 0 Å². The van der Waals surface area contributed by atoms with Gasteiger partial charge < -0.3 is 10.1 Å². The first kappa shape index (κ1) is 21.7. The highest BCUT2D eigenvalue weighted by Crippen LogP contribution is 2.50. The first-order valence-corrected chi connectivity index (χ1v) is 12.8. The van der Waals surface area contributed by atoms with E-state index in [0.29, 0.717) is 23.8 Å². The van der Waals surface area contributed by atoms with Crippen molar-refractivity contribution in [3.05, 3.63) is 102 Å². The van der Waals surface area contributed by atoms with Gasteiger partial charge in [-0.15, -0.1) is 0 Å². The van der Waals surface area contributed by atoms with Crippen molar-refractivity contribution in [2.24, 2.45) is 5.92 Å². The van der Waals surface area contributed by atoms with E-state index in [1.54, 1.807) is 13.2 Å². The molecule has 0 spiro atoms. The number of hydrogen-bond donors (Lipinski definition) is 2. The van der Waals surface area contributed by atoms with Gasteiger partial charge in [-0.3, -0.25) is 0 Å². The second-order valence-electron chi connectivity index (χ2n) is 8.63. The van der Waals surface area contributed by atoms with Crippen molar-refractivity contribution in [1.82, 2.24) is 4.72 Å². The molecule has 1 aliphatic carbocycles. The molecule has 5 rings (SSSR count). The molecule has 0 bridgehead atoms. The van der Waals surface area contributed by atoms with Crippen LogP contribution in [0.1, 0.15) is 35.1 Å². The van der Waals surface area contributed by atoms with Crippen LogP contribution in [-0.4, -0.2) is 22.1 Å². The first-order valence-electron chi connectivity index (χ1n) is 11.3. The highest BCUT2D eigenvalue weighted by molar-refractivity contribution is 7.89. The van der Waals surface area contributed by atoms with Crippen LogP contribution in [0.3, 0.4) is 0 Å². The minimum absolute atomic E-state index is 0.162. The average Bonchev–Trinajstić information content (AvgIpc) is 3.34. The maximum atomic E-state index is 13.0. The summed E-state index contributed by atoms with van der Waals surface area (Å²) in [7, 11) is -1.91. The molecule has 3 atom stereocenters. The third-order valence-electron chi connectivity index (χ3n) is 6.67. The molecule has 33 heavy (non-hydrogen) atoms. The number of hydrogen-bond acceptors (Lipinski definition) is 4. The lowest BCUT2D eigenvalue weighted by atomic mass is 9.77. The molecular weight excluding hydrogens is 432 g/mol. The summed E-state index contributed by atoms with van der Waals surface area (Å²) in [6.07, 6.45) is 6.05. The number of rotatable bonds is 7. The van der Waals surface area contributed by atoms with Crippen LogP contribution in [0.15, 0.2) is 89.8 Å². The zero-order valence-electron chi connectivity index (χ0n) is 18.6. The molecule has 3 aromatic carbocycles. The molecule has 0 fully saturated rings. The molecule has 2 aliphatic rings. The van der Waals surface area contributed by atoms with Crippen LogP contribution in [-0.2, 0) is 16.4 Å². The largest absolute Gasteiger partial charge is 0.497 e. The number of ether oxygens (including phenoxy) is 1. The second kappa shape index (κ2) is 9.04. The maximum Gasteiger partial charge on any atom is 0.240 e. The highest BCUT2D eigenvalue weighted by atomic mass is 32.2. The van der Waals surface area contributed by atoms with Crippen molar-refractivity contribution in [2.45, 2.75) is 29.7 Å². The summed E-state index contributed by atoms with van der Waals surface area (Å²) in [5, 5.41) is 3.67. The van der Waals surface area contributed by atoms with Crippen molar-refractivity contribution in [3.8, 4) is 5.75 Å². The fourth-order valence-electron chi connectivity index (χ4n) is 4.94. The van der Waals surface area contributed by atoms with E-state index in [9.17, 15) is 8.42 Å². The number of anilines is 1. The SMILES string of the molecule is COc1ccc(C2Nc3ccc(S(=O)(=O)NCCc4ccccc4)cc3C3C=CCC32)cc1. The molecule has 3 unspecified atom stereocenters. The third-order valence-corrected chi connectivity index (χ3v) is 8.13. The Morgan fingerprint density at radius 1 is 1.03 bits per heavy atom. The molecule has 0 radical (unpaired) electrons. The van der Waals surface area contributed by atoms with Gasteiger partial charge in [0.15, 0.2) is 0 Å². The van der Waals surface area contributed by atoms with Gasteiger partial charge in [0.1, 0.15) is 5.75 Å². The molecule has 170 valence electrons. The van der Waals surface area contributed by atoms with Crippen molar-refractivity contribution in [1.29, 1.82) is 0 Å². The van der Waals surface area contributed by atoms with Gasteiger partial charge in [0, 0.05) is 18.2 Å². The Morgan fingerprint density at radius 3 is 2.58 bits per heavy atom. The van der Waals surface area contributed by atoms with Crippen LogP contribution in [0.4, 0.5) is 5.69 Å². The normalized spacial score (nSPS) is 21.2. The van der Waals surface area contributed by atoms with Gasteiger partial charge in [-0.1, -0.05) is 54.6 Å². The summed E-state index contributed by atoms with van der Waals surface area (Å²) in [6.45, 7) is 0.368. The fraction of sp³-hybridized carbons (Fsp3) is 0.259. The van der Waals surface area contributed by atoms with E-state index in [0.717, 1.165) is 29.0 Å². The minimum atomic E-state index is -3.58. The van der Waals surface area contributed by atoms with E-state index in [4.69, 9.17) is 4.74 Å². The molecule has 6 heteroatoms. The summed E-state index contributed by atoms with van der Waals surface area (Å²) in [4.78, 5) is 0.318. The predicted octanol–water partition coefficient (Wildman–Crippen LogP) is 5.04. The second-order valence-corrected chi connectivity index (χ2v) is 10.4. The van der Waals surface area contributed by atoms with Crippen LogP contribution in [0.2, 0.25) is 0 Å². The molecule has 5 nitrogen and oxygen atoms in total. The summed E-state index contributed by atoms with van der Waals surface area (Å²) >= 11 is 0. The maximum absolute atomic E-state index is 13.0. The third kappa shape index (κ3) is 4.41. The predicted molar refractivity (Wildman–Crippen MR) is 131 cm³/mol. The lowest BCUT2D eigenvalue weighted by Gasteiger charge is -2.37. The molecule has 0 aromatic heterocycles. The van der Waals surface area contributed by atoms with Crippen molar-refractivity contribution in [3.63, 3.8) is 0 Å². The van der Waals surface area contributed by atoms with E-state index in [-0.39, 0.29) is 12.0 Å². The lowest BCUT2D eigenvalue weighted by Crippen LogP contribution is -2.30. The number of nitrogens with one attached hydrogen (secondary N) is 2. The van der Waals surface area contributed by atoms with E-state index in [1.807, 2.05) is 54.6 Å². The van der Waals surface area contributed by atoms with Gasteiger partial charge in [0.2, 0.25) is 10.0 Å². The van der Waals surface area contributed by atoms with Crippen LogP contribution in [0.5, 0.6) is 5.75 Å². The van der Waals surface area contributed by atoms with Crippen LogP contribution in [0.25, 0.3) is 0 Å². The Balaban J connectivity index is 1.37. The molecule has 0 saturated carbocycles. The molecule has 0 amide bonds. The number of fused-ring (bicyclic) bond motifs is 3. The highest BCUT2D eigenvalue weighted by Gasteiger charge is 2.38. The van der Waals surface area contributed by atoms with Crippen molar-refractivity contribution >= 4 is 15.7 Å². The van der Waals surface area contributed by atoms with E-state index in [1.165, 1.54) is 5.56 Å². The number of allylic oxidation sites excluding steroid dienone is 2. The van der Waals surface area contributed by atoms with Crippen molar-refractivity contribution in [2.75, 3.05) is 19.0 Å². The number of sulfonamides is 1. The zero-order chi connectivity index (χ0) is 22.8. The Labute approximate surface area is 195 Å². The monoisotopic (exact) mass is 460 g/mol. The number of benzene rings is 3. The molecule has 1 aliphatic heterocycles. The van der Waals surface area contributed by atoms with Crippen molar-refractivity contribution < 1.29 is 13.2 Å². The average molecular weight is 461 g/mol. The quantitative estimate of drug-likeness (QED) is 0.485. The zero-order valence-corrected chi connectivity index (χ0v) is 19.4. The summed E-state index contributed by atoms with van der Waals surface area (Å²) < 4.78 is 34.0. The Hall–Kier alpha value is -3.09. The standard InChI is InChI=1S/C27H28N2O3S/c1-32-21-12-10-20(11-13-21)27-24-9-5-8-23(24)25-18-22(14-15-26(25)29-27)33(30,31)28-17-16-19-6-3-2-4-7-19/h2-8,10-15,18,23-24,27-29H,9,16-17H2,1H3. The Bertz CT molecular complexity index is 1250. The smallest absolute Gasteiger partial charge is 0.240 e. The summed E-state index contributed by atoms with van der Waals surface area (Å²) in [5.74, 6) is 1.37. The van der Waals surface area contributed by atoms with Crippen LogP contribution >= 0.6 is 0 Å². The van der Waals surface area contributed by atoms with Gasteiger partial charge in [0.05, 0.1) is 18.0 Å². The van der Waals surface area contributed by atoms with Gasteiger partial charge in [-0.25, -0.2) is 13.1 Å². The van der Waals surface area contributed by atoms with Crippen LogP contribution in [0, 0.1) is 5.92 Å². The van der Waals surface area contributed by atoms with Crippen LogP contribution < -0.4 is 14.8 Å². The molecular formula is C27H28N2O3S. The van der Waals surface area contributed by atoms with E-state index >= 15 is 0 Å². The first-order chi connectivity index (χ1) is 16.0. The fourth-order valence-corrected chi connectivity index (χ4v) is 6.01. The number of methoxy groups -OCH3 is 1. The molecule has 3 aromatic rings. The minimum Gasteiger partial charge on any atom is -0.497 e. The molecule has 0 saturated heterocycles. The Morgan fingerprint density at radius 2 is 1.82 bits per heavy atom. The molecule has 2 N–H and O–H groups in total. The van der Waals surface area contributed by atoms with E-state index < -0.39 is 10.0 Å². The van der Waals surface area contributed by atoms with Gasteiger partial charge in [-0.05, 0) is 65.8 Å². The lowest BCUT2D eigenvalue weighted by molar-refractivity contribution is 0.411. The van der Waals surface area contributed by atoms with Gasteiger partial charge in [-0.2, -0.15) is 0 Å². The van der Waals surface area contributed by atoms with Gasteiger partial charge in [0.25, 0.3) is 0 Å². The Kier molecular flexibility index (Phi) is 5.96. The molecule has 1 heterocycles. The summed E-state index contributed by atoms with van der Waals surface area (Å²) in [6, 6.07) is 23.7. The topological polar surface area (TPSA) is 67.4 Å².